The molecule has 0 saturated carbocycles. The lowest BCUT2D eigenvalue weighted by Gasteiger charge is -2.24. The number of alkyl carbamates (subject to hydrolysis) is 1. The number of halogens is 2. The van der Waals surface area contributed by atoms with Crippen LogP contribution >= 0.6 is 11.6 Å². The fourth-order valence-corrected chi connectivity index (χ4v) is 2.34. The minimum Gasteiger partial charge on any atom is -0.479 e. The van der Waals surface area contributed by atoms with Gasteiger partial charge in [0.2, 0.25) is 0 Å². The van der Waals surface area contributed by atoms with Gasteiger partial charge in [-0.3, -0.25) is 0 Å². The van der Waals surface area contributed by atoms with Gasteiger partial charge in [0.15, 0.2) is 6.04 Å². The van der Waals surface area contributed by atoms with Gasteiger partial charge in [-0.25, -0.2) is 14.0 Å². The molecule has 0 radical (unpaired) electrons. The molecule has 1 aromatic carbocycles. The van der Waals surface area contributed by atoms with Gasteiger partial charge in [0, 0.05) is 5.56 Å². The van der Waals surface area contributed by atoms with E-state index in [1.165, 1.54) is 12.1 Å². The molecule has 0 fully saturated rings. The van der Waals surface area contributed by atoms with Crippen molar-refractivity contribution >= 4 is 23.7 Å². The quantitative estimate of drug-likeness (QED) is 0.837. The van der Waals surface area contributed by atoms with Gasteiger partial charge < -0.3 is 15.2 Å². The summed E-state index contributed by atoms with van der Waals surface area (Å²) in [6.07, 6.45) is -0.925. The molecule has 1 rings (SSSR count). The number of rotatable bonds is 3. The highest BCUT2D eigenvalue weighted by atomic mass is 35.5. The van der Waals surface area contributed by atoms with Gasteiger partial charge in [0.05, 0.1) is 5.02 Å². The standard InChI is InChI=1S/C17H23ClFNO4/c1-16(2,3)10-8-7-9(11(18)12(10)19)13(14(21)22)20-15(23)24-17(4,5)6/h7-8,13H,1-6H3,(H,20,23)(H,21,22). The molecule has 0 aliphatic carbocycles. The SMILES string of the molecule is CC(C)(C)OC(=O)NC(C(=O)O)c1ccc(C(C)(C)C)c(F)c1Cl. The molecule has 0 spiro atoms. The molecule has 5 nitrogen and oxygen atoms in total. The van der Waals surface area contributed by atoms with E-state index in [-0.39, 0.29) is 10.6 Å². The third-order valence-electron chi connectivity index (χ3n) is 3.14. The fraction of sp³-hybridized carbons (Fsp3) is 0.529. The molecule has 0 bridgehead atoms. The Balaban J connectivity index is 3.21. The van der Waals surface area contributed by atoms with Crippen molar-refractivity contribution in [3.63, 3.8) is 0 Å². The van der Waals surface area contributed by atoms with Crippen molar-refractivity contribution in [2.45, 2.75) is 58.6 Å². The zero-order chi connectivity index (χ0) is 18.9. The average molecular weight is 360 g/mol. The zero-order valence-corrected chi connectivity index (χ0v) is 15.4. The maximum absolute atomic E-state index is 14.5. The summed E-state index contributed by atoms with van der Waals surface area (Å²) < 4.78 is 19.6. The van der Waals surface area contributed by atoms with E-state index < -0.39 is 34.9 Å². The summed E-state index contributed by atoms with van der Waals surface area (Å²) in [5.74, 6) is -2.07. The molecule has 0 aliphatic heterocycles. The number of benzene rings is 1. The Kier molecular flexibility index (Phi) is 5.87. The van der Waals surface area contributed by atoms with Crippen LogP contribution in [-0.4, -0.2) is 22.8 Å². The highest BCUT2D eigenvalue weighted by molar-refractivity contribution is 6.31. The van der Waals surface area contributed by atoms with Crippen molar-refractivity contribution in [1.82, 2.24) is 5.32 Å². The second-order valence-corrected chi connectivity index (χ2v) is 7.88. The molecule has 7 heteroatoms. The molecular weight excluding hydrogens is 337 g/mol. The predicted octanol–water partition coefficient (Wildman–Crippen LogP) is 4.43. The Hall–Kier alpha value is -1.82. The number of amides is 1. The van der Waals surface area contributed by atoms with Gasteiger partial charge in [-0.2, -0.15) is 0 Å². The van der Waals surface area contributed by atoms with Crippen LogP contribution in [0.2, 0.25) is 5.02 Å². The fourth-order valence-electron chi connectivity index (χ4n) is 2.06. The second-order valence-electron chi connectivity index (χ2n) is 7.50. The van der Waals surface area contributed by atoms with Crippen LogP contribution < -0.4 is 5.32 Å². The van der Waals surface area contributed by atoms with Crippen LogP contribution in [0.4, 0.5) is 9.18 Å². The van der Waals surface area contributed by atoms with Crippen molar-refractivity contribution in [1.29, 1.82) is 0 Å². The van der Waals surface area contributed by atoms with E-state index >= 15 is 0 Å². The predicted molar refractivity (Wildman–Crippen MR) is 89.9 cm³/mol. The first kappa shape index (κ1) is 20.2. The maximum atomic E-state index is 14.5. The van der Waals surface area contributed by atoms with E-state index in [1.807, 2.05) is 20.8 Å². The van der Waals surface area contributed by atoms with Crippen LogP contribution in [-0.2, 0) is 14.9 Å². The molecule has 0 heterocycles. The van der Waals surface area contributed by atoms with Crippen molar-refractivity contribution in [3.05, 3.63) is 34.1 Å². The zero-order valence-electron chi connectivity index (χ0n) is 14.7. The molecule has 0 saturated heterocycles. The Bertz CT molecular complexity index is 647. The van der Waals surface area contributed by atoms with Gasteiger partial charge in [0.1, 0.15) is 11.4 Å². The van der Waals surface area contributed by atoms with E-state index in [2.05, 4.69) is 5.32 Å². The minimum atomic E-state index is -1.52. The van der Waals surface area contributed by atoms with Crippen molar-refractivity contribution in [3.8, 4) is 0 Å². The van der Waals surface area contributed by atoms with Gasteiger partial charge in [-0.15, -0.1) is 0 Å². The van der Waals surface area contributed by atoms with E-state index in [0.717, 1.165) is 0 Å². The molecule has 1 amide bonds. The van der Waals surface area contributed by atoms with Gasteiger partial charge in [0.25, 0.3) is 0 Å². The number of hydrogen-bond donors (Lipinski definition) is 2. The topological polar surface area (TPSA) is 75.6 Å². The summed E-state index contributed by atoms with van der Waals surface area (Å²) in [6, 6.07) is 1.36. The average Bonchev–Trinajstić information content (AvgIpc) is 2.35. The number of aliphatic carboxylic acids is 1. The Morgan fingerprint density at radius 1 is 1.21 bits per heavy atom. The van der Waals surface area contributed by atoms with Crippen molar-refractivity contribution < 1.29 is 23.8 Å². The molecule has 0 aromatic heterocycles. The highest BCUT2D eigenvalue weighted by Crippen LogP contribution is 2.34. The minimum absolute atomic E-state index is 0.0412. The van der Waals surface area contributed by atoms with E-state index in [9.17, 15) is 19.1 Å². The number of carboxylic acids is 1. The van der Waals surface area contributed by atoms with Crippen molar-refractivity contribution in [2.75, 3.05) is 0 Å². The molecule has 1 aromatic rings. The summed E-state index contributed by atoms with van der Waals surface area (Å²) in [7, 11) is 0. The van der Waals surface area contributed by atoms with Crippen LogP contribution in [0, 0.1) is 5.82 Å². The number of carboxylic acid groups (broad SMARTS) is 1. The third-order valence-corrected chi connectivity index (χ3v) is 3.52. The lowest BCUT2D eigenvalue weighted by atomic mass is 9.85. The van der Waals surface area contributed by atoms with Crippen LogP contribution in [0.5, 0.6) is 0 Å². The summed E-state index contributed by atoms with van der Waals surface area (Å²) >= 11 is 6.03. The number of hydrogen-bond acceptors (Lipinski definition) is 3. The maximum Gasteiger partial charge on any atom is 0.408 e. The van der Waals surface area contributed by atoms with E-state index in [4.69, 9.17) is 16.3 Å². The lowest BCUT2D eigenvalue weighted by Crippen LogP contribution is -2.38. The largest absolute Gasteiger partial charge is 0.479 e. The molecule has 2 N–H and O–H groups in total. The Morgan fingerprint density at radius 3 is 2.17 bits per heavy atom. The summed E-state index contributed by atoms with van der Waals surface area (Å²) in [6.45, 7) is 10.4. The van der Waals surface area contributed by atoms with Gasteiger partial charge in [-0.05, 0) is 31.7 Å². The Morgan fingerprint density at radius 2 is 1.75 bits per heavy atom. The molecule has 0 aliphatic rings. The normalized spacial score (nSPS) is 13.3. The highest BCUT2D eigenvalue weighted by Gasteiger charge is 2.30. The van der Waals surface area contributed by atoms with Crippen molar-refractivity contribution in [2.24, 2.45) is 0 Å². The Labute approximate surface area is 146 Å². The molecule has 1 atom stereocenters. The number of ether oxygens (including phenoxy) is 1. The molecule has 24 heavy (non-hydrogen) atoms. The molecular formula is C17H23ClFNO4. The second kappa shape index (κ2) is 6.97. The number of nitrogens with one attached hydrogen (secondary N) is 1. The summed E-state index contributed by atoms with van der Waals surface area (Å²) in [5.41, 5.74) is -0.972. The smallest absolute Gasteiger partial charge is 0.408 e. The van der Waals surface area contributed by atoms with Crippen LogP contribution in [0.3, 0.4) is 0 Å². The van der Waals surface area contributed by atoms with E-state index in [0.29, 0.717) is 5.56 Å². The van der Waals surface area contributed by atoms with Crippen LogP contribution in [0.25, 0.3) is 0 Å². The van der Waals surface area contributed by atoms with Gasteiger partial charge in [-0.1, -0.05) is 44.5 Å². The molecule has 134 valence electrons. The third kappa shape index (κ3) is 5.09. The van der Waals surface area contributed by atoms with E-state index in [1.54, 1.807) is 20.8 Å². The van der Waals surface area contributed by atoms with Gasteiger partial charge >= 0.3 is 12.1 Å². The number of carbonyl (C=O) groups excluding carboxylic acids is 1. The summed E-state index contributed by atoms with van der Waals surface area (Å²) in [5, 5.41) is 11.2. The van der Waals surface area contributed by atoms with Crippen LogP contribution in [0.1, 0.15) is 58.7 Å². The lowest BCUT2D eigenvalue weighted by molar-refractivity contribution is -0.139. The first-order valence-electron chi connectivity index (χ1n) is 7.44. The first-order valence-corrected chi connectivity index (χ1v) is 7.82. The first-order chi connectivity index (χ1) is 10.7. The van der Waals surface area contributed by atoms with Crippen LogP contribution in [0.15, 0.2) is 12.1 Å². The summed E-state index contributed by atoms with van der Waals surface area (Å²) in [4.78, 5) is 23.3. The monoisotopic (exact) mass is 359 g/mol. The number of carbonyl (C=O) groups is 2. The molecule has 1 unspecified atom stereocenters.